The van der Waals surface area contributed by atoms with Crippen molar-refractivity contribution < 1.29 is 22.0 Å². The van der Waals surface area contributed by atoms with E-state index in [0.717, 1.165) is 18.2 Å². The number of benzene rings is 2. The van der Waals surface area contributed by atoms with Crippen LogP contribution in [0.2, 0.25) is 10.0 Å². The summed E-state index contributed by atoms with van der Waals surface area (Å²) in [4.78, 5) is 13.6. The molecule has 1 aliphatic rings. The number of nitrogens with zero attached hydrogens (tertiary/aromatic N) is 2. The second kappa shape index (κ2) is 7.71. The fraction of sp³-hybridized carbons (Fsp3) is 0.235. The Balaban J connectivity index is 1.76. The van der Waals surface area contributed by atoms with Crippen molar-refractivity contribution in [3.05, 3.63) is 63.6 Å². The Morgan fingerprint density at radius 2 is 1.63 bits per heavy atom. The first-order valence-electron chi connectivity index (χ1n) is 7.89. The predicted molar refractivity (Wildman–Crippen MR) is 97.5 cm³/mol. The maximum atomic E-state index is 13.8. The summed E-state index contributed by atoms with van der Waals surface area (Å²) in [6, 6.07) is 6.76. The molecule has 144 valence electrons. The lowest BCUT2D eigenvalue weighted by atomic mass is 10.1. The standard InChI is InChI=1S/C17H14Cl2F2N2O3S/c18-11-1-3-14(19)16(9-11)27(25,26)23-7-5-22(6-8-23)17(24)13-10-12(20)2-4-15(13)21/h1-4,9-10H,5-8H2. The summed E-state index contributed by atoms with van der Waals surface area (Å²) in [6.07, 6.45) is 0. The van der Waals surface area contributed by atoms with E-state index in [9.17, 15) is 22.0 Å². The van der Waals surface area contributed by atoms with Crippen molar-refractivity contribution in [1.29, 1.82) is 0 Å². The number of amides is 1. The van der Waals surface area contributed by atoms with Crippen LogP contribution < -0.4 is 0 Å². The lowest BCUT2D eigenvalue weighted by molar-refractivity contribution is 0.0692. The Morgan fingerprint density at radius 1 is 0.963 bits per heavy atom. The molecule has 0 N–H and O–H groups in total. The van der Waals surface area contributed by atoms with E-state index in [-0.39, 0.29) is 46.7 Å². The van der Waals surface area contributed by atoms with Gasteiger partial charge in [0.15, 0.2) is 0 Å². The summed E-state index contributed by atoms with van der Waals surface area (Å²) in [6.45, 7) is 0.0557. The Kier molecular flexibility index (Phi) is 5.71. The summed E-state index contributed by atoms with van der Waals surface area (Å²) < 4.78 is 53.8. The van der Waals surface area contributed by atoms with Crippen LogP contribution in [0.3, 0.4) is 0 Å². The molecule has 1 heterocycles. The third-order valence-electron chi connectivity index (χ3n) is 4.20. The average Bonchev–Trinajstić information content (AvgIpc) is 2.65. The van der Waals surface area contributed by atoms with Gasteiger partial charge in [-0.3, -0.25) is 4.79 Å². The number of piperazine rings is 1. The minimum absolute atomic E-state index is 0.00610. The van der Waals surface area contributed by atoms with Crippen LogP contribution in [-0.2, 0) is 10.0 Å². The molecule has 1 aliphatic heterocycles. The van der Waals surface area contributed by atoms with Gasteiger partial charge in [0.05, 0.1) is 10.6 Å². The average molecular weight is 435 g/mol. The van der Waals surface area contributed by atoms with Gasteiger partial charge in [0.1, 0.15) is 16.5 Å². The number of carbonyl (C=O) groups excluding carboxylic acids is 1. The van der Waals surface area contributed by atoms with Gasteiger partial charge < -0.3 is 4.90 Å². The summed E-state index contributed by atoms with van der Waals surface area (Å²) in [7, 11) is -3.90. The molecule has 1 amide bonds. The highest BCUT2D eigenvalue weighted by Gasteiger charge is 2.32. The molecular weight excluding hydrogens is 421 g/mol. The second-order valence-electron chi connectivity index (χ2n) is 5.90. The van der Waals surface area contributed by atoms with Crippen molar-refractivity contribution in [2.45, 2.75) is 4.90 Å². The number of hydrogen-bond donors (Lipinski definition) is 0. The zero-order valence-corrected chi connectivity index (χ0v) is 16.2. The summed E-state index contributed by atoms with van der Waals surface area (Å²) in [5, 5.41) is 0.271. The number of rotatable bonds is 3. The van der Waals surface area contributed by atoms with Gasteiger partial charge in [0.25, 0.3) is 5.91 Å². The molecule has 0 atom stereocenters. The van der Waals surface area contributed by atoms with Crippen LogP contribution >= 0.6 is 23.2 Å². The molecule has 27 heavy (non-hydrogen) atoms. The van der Waals surface area contributed by atoms with E-state index in [4.69, 9.17) is 23.2 Å². The summed E-state index contributed by atoms with van der Waals surface area (Å²) >= 11 is 11.8. The molecule has 1 fully saturated rings. The first-order valence-corrected chi connectivity index (χ1v) is 10.1. The van der Waals surface area contributed by atoms with Gasteiger partial charge in [-0.25, -0.2) is 17.2 Å². The number of hydrogen-bond acceptors (Lipinski definition) is 3. The molecule has 0 bridgehead atoms. The minimum Gasteiger partial charge on any atom is -0.336 e. The Hall–Kier alpha value is -1.74. The molecule has 0 aromatic heterocycles. The highest BCUT2D eigenvalue weighted by atomic mass is 35.5. The third-order valence-corrected chi connectivity index (χ3v) is 6.81. The van der Waals surface area contributed by atoms with E-state index >= 15 is 0 Å². The van der Waals surface area contributed by atoms with Crippen molar-refractivity contribution in [3.8, 4) is 0 Å². The molecule has 10 heteroatoms. The van der Waals surface area contributed by atoms with E-state index in [1.54, 1.807) is 0 Å². The molecule has 0 radical (unpaired) electrons. The first-order chi connectivity index (χ1) is 12.7. The van der Waals surface area contributed by atoms with E-state index in [0.29, 0.717) is 0 Å². The topological polar surface area (TPSA) is 57.7 Å². The van der Waals surface area contributed by atoms with E-state index < -0.39 is 27.6 Å². The summed E-state index contributed by atoms with van der Waals surface area (Å²) in [5.41, 5.74) is -0.385. The highest BCUT2D eigenvalue weighted by molar-refractivity contribution is 7.89. The normalized spacial score (nSPS) is 15.8. The molecule has 2 aromatic carbocycles. The largest absolute Gasteiger partial charge is 0.336 e. The Bertz CT molecular complexity index is 994. The van der Waals surface area contributed by atoms with Crippen LogP contribution in [0.1, 0.15) is 10.4 Å². The van der Waals surface area contributed by atoms with Crippen molar-refractivity contribution in [2.24, 2.45) is 0 Å². The molecule has 5 nitrogen and oxygen atoms in total. The second-order valence-corrected chi connectivity index (χ2v) is 8.65. The van der Waals surface area contributed by atoms with Crippen molar-refractivity contribution in [3.63, 3.8) is 0 Å². The zero-order valence-electron chi connectivity index (χ0n) is 13.8. The van der Waals surface area contributed by atoms with Crippen LogP contribution in [0.4, 0.5) is 8.78 Å². The molecular formula is C17H14Cl2F2N2O3S. The fourth-order valence-electron chi connectivity index (χ4n) is 2.78. The molecule has 2 aromatic rings. The van der Waals surface area contributed by atoms with Crippen molar-refractivity contribution in [1.82, 2.24) is 9.21 Å². The zero-order chi connectivity index (χ0) is 19.8. The quantitative estimate of drug-likeness (QED) is 0.743. The van der Waals surface area contributed by atoms with E-state index in [2.05, 4.69) is 0 Å². The molecule has 0 spiro atoms. The minimum atomic E-state index is -3.90. The van der Waals surface area contributed by atoms with Crippen LogP contribution in [0.15, 0.2) is 41.3 Å². The van der Waals surface area contributed by atoms with Gasteiger partial charge >= 0.3 is 0 Å². The number of sulfonamides is 1. The van der Waals surface area contributed by atoms with E-state index in [1.807, 2.05) is 0 Å². The van der Waals surface area contributed by atoms with E-state index in [1.165, 1.54) is 27.4 Å². The predicted octanol–water partition coefficient (Wildman–Crippen LogP) is 3.42. The Labute approximate surface area is 165 Å². The van der Waals surface area contributed by atoms with Crippen LogP contribution in [-0.4, -0.2) is 49.7 Å². The summed E-state index contributed by atoms with van der Waals surface area (Å²) in [5.74, 6) is -2.25. The van der Waals surface area contributed by atoms with Crippen LogP contribution in [0.25, 0.3) is 0 Å². The number of carbonyl (C=O) groups is 1. The first kappa shape index (κ1) is 20.0. The van der Waals surface area contributed by atoms with Gasteiger partial charge in [-0.05, 0) is 36.4 Å². The van der Waals surface area contributed by atoms with Crippen LogP contribution in [0, 0.1) is 11.6 Å². The van der Waals surface area contributed by atoms with Crippen molar-refractivity contribution >= 4 is 39.1 Å². The molecule has 0 aliphatic carbocycles. The van der Waals surface area contributed by atoms with Gasteiger partial charge in [-0.1, -0.05) is 23.2 Å². The monoisotopic (exact) mass is 434 g/mol. The molecule has 1 saturated heterocycles. The van der Waals surface area contributed by atoms with Gasteiger partial charge in [0, 0.05) is 31.2 Å². The lowest BCUT2D eigenvalue weighted by Crippen LogP contribution is -2.50. The maximum absolute atomic E-state index is 13.8. The Morgan fingerprint density at radius 3 is 2.30 bits per heavy atom. The smallest absolute Gasteiger partial charge is 0.257 e. The fourth-order valence-corrected chi connectivity index (χ4v) is 4.94. The van der Waals surface area contributed by atoms with Gasteiger partial charge in [-0.2, -0.15) is 4.31 Å². The van der Waals surface area contributed by atoms with Crippen molar-refractivity contribution in [2.75, 3.05) is 26.2 Å². The third kappa shape index (κ3) is 4.08. The molecule has 3 rings (SSSR count). The van der Waals surface area contributed by atoms with Crippen LogP contribution in [0.5, 0.6) is 0 Å². The SMILES string of the molecule is O=C(c1cc(F)ccc1F)N1CCN(S(=O)(=O)c2cc(Cl)ccc2Cl)CC1. The number of halogens is 4. The highest BCUT2D eigenvalue weighted by Crippen LogP contribution is 2.28. The molecule has 0 saturated carbocycles. The van der Waals surface area contributed by atoms with Gasteiger partial charge in [0.2, 0.25) is 10.0 Å². The maximum Gasteiger partial charge on any atom is 0.257 e. The van der Waals surface area contributed by atoms with Gasteiger partial charge in [-0.15, -0.1) is 0 Å². The molecule has 0 unspecified atom stereocenters. The lowest BCUT2D eigenvalue weighted by Gasteiger charge is -2.34.